The average molecular weight is 508 g/mol. The Morgan fingerprint density at radius 2 is 1.56 bits per heavy atom. The third-order valence-electron chi connectivity index (χ3n) is 6.60. The molecule has 0 radical (unpaired) electrons. The van der Waals surface area contributed by atoms with Gasteiger partial charge in [0.1, 0.15) is 11.3 Å². The second kappa shape index (κ2) is 12.3. The molecule has 0 saturated heterocycles. The molecule has 2 heterocycles. The minimum Gasteiger partial charge on any atom is -0.382 e. The number of sulfonamides is 1. The highest BCUT2D eigenvalue weighted by Crippen LogP contribution is 2.29. The third kappa shape index (κ3) is 6.23. The van der Waals surface area contributed by atoms with Crippen molar-refractivity contribution in [2.45, 2.75) is 76.2 Å². The van der Waals surface area contributed by atoms with Crippen LogP contribution in [0, 0.1) is 0 Å². The van der Waals surface area contributed by atoms with Gasteiger partial charge in [0.05, 0.1) is 15.9 Å². The zero-order valence-corrected chi connectivity index (χ0v) is 21.9. The molecule has 0 aliphatic rings. The first-order valence-corrected chi connectivity index (χ1v) is 14.6. The van der Waals surface area contributed by atoms with Crippen molar-refractivity contribution in [3.63, 3.8) is 0 Å². The number of aryl methyl sites for hydroxylation is 2. The molecule has 4 aromatic rings. The summed E-state index contributed by atoms with van der Waals surface area (Å²) in [6, 6.07) is 16.7. The van der Waals surface area contributed by atoms with E-state index < -0.39 is 10.0 Å². The van der Waals surface area contributed by atoms with Gasteiger partial charge in [-0.1, -0.05) is 75.4 Å². The van der Waals surface area contributed by atoms with E-state index >= 15 is 0 Å². The summed E-state index contributed by atoms with van der Waals surface area (Å²) in [6.07, 6.45) is 9.45. The lowest BCUT2D eigenvalue weighted by atomic mass is 10.1. The van der Waals surface area contributed by atoms with Gasteiger partial charge in [0, 0.05) is 24.9 Å². The standard InChI is InChI=1S/C28H37N5O2S/c1-2-3-19-25-32-26-27(23-17-11-12-18-24(23)31-28(26)29)33(25)21-14-7-5-4-6-13-20-30-36(34,35)22-15-9-8-10-16-22/h8-12,15-18,30H,2-7,13-14,19-21H2,1H3,(H2,29,31). The maximum atomic E-state index is 12.3. The molecule has 0 fully saturated rings. The number of benzene rings is 2. The maximum Gasteiger partial charge on any atom is 0.240 e. The lowest BCUT2D eigenvalue weighted by Gasteiger charge is -2.11. The van der Waals surface area contributed by atoms with E-state index in [9.17, 15) is 8.42 Å². The fourth-order valence-electron chi connectivity index (χ4n) is 4.66. The molecule has 8 heteroatoms. The summed E-state index contributed by atoms with van der Waals surface area (Å²) in [5.41, 5.74) is 9.13. The maximum absolute atomic E-state index is 12.3. The van der Waals surface area contributed by atoms with Crippen LogP contribution in [0.2, 0.25) is 0 Å². The number of fused-ring (bicyclic) bond motifs is 3. The molecule has 2 aromatic heterocycles. The fraction of sp³-hybridized carbons (Fsp3) is 0.429. The number of nitrogens with two attached hydrogens (primary N) is 1. The quantitative estimate of drug-likeness (QED) is 0.209. The molecule has 0 unspecified atom stereocenters. The van der Waals surface area contributed by atoms with Crippen LogP contribution in [0.15, 0.2) is 59.5 Å². The van der Waals surface area contributed by atoms with Crippen LogP contribution in [0.4, 0.5) is 5.82 Å². The number of anilines is 1. The molecule has 0 aliphatic heterocycles. The van der Waals surface area contributed by atoms with E-state index in [2.05, 4.69) is 27.3 Å². The van der Waals surface area contributed by atoms with Crippen molar-refractivity contribution in [2.24, 2.45) is 0 Å². The van der Waals surface area contributed by atoms with E-state index in [-0.39, 0.29) is 0 Å². The van der Waals surface area contributed by atoms with Crippen molar-refractivity contribution in [1.29, 1.82) is 0 Å². The molecule has 0 aliphatic carbocycles. The molecule has 4 rings (SSSR count). The Morgan fingerprint density at radius 3 is 2.33 bits per heavy atom. The Morgan fingerprint density at radius 1 is 0.861 bits per heavy atom. The molecule has 0 amide bonds. The number of nitrogen functional groups attached to an aromatic ring is 1. The molecule has 0 bridgehead atoms. The van der Waals surface area contributed by atoms with E-state index in [1.165, 1.54) is 0 Å². The average Bonchev–Trinajstić information content (AvgIpc) is 3.26. The Balaban J connectivity index is 1.28. The van der Waals surface area contributed by atoms with Gasteiger partial charge in [-0.25, -0.2) is 23.1 Å². The molecule has 192 valence electrons. The highest BCUT2D eigenvalue weighted by atomic mass is 32.2. The predicted molar refractivity (Wildman–Crippen MR) is 147 cm³/mol. The van der Waals surface area contributed by atoms with Crippen molar-refractivity contribution in [1.82, 2.24) is 19.3 Å². The van der Waals surface area contributed by atoms with Crippen LogP contribution in [-0.2, 0) is 23.0 Å². The van der Waals surface area contributed by atoms with Crippen LogP contribution in [-0.4, -0.2) is 29.5 Å². The number of nitrogens with zero attached hydrogens (tertiary/aromatic N) is 3. The Labute approximate surface area is 214 Å². The first-order valence-electron chi connectivity index (χ1n) is 13.1. The van der Waals surface area contributed by atoms with Gasteiger partial charge in [-0.2, -0.15) is 0 Å². The molecule has 2 aromatic carbocycles. The Hall–Kier alpha value is -2.97. The Kier molecular flexibility index (Phi) is 8.93. The fourth-order valence-corrected chi connectivity index (χ4v) is 5.76. The van der Waals surface area contributed by atoms with Crippen LogP contribution in [0.5, 0.6) is 0 Å². The summed E-state index contributed by atoms with van der Waals surface area (Å²) in [4.78, 5) is 9.81. The SMILES string of the molecule is CCCCc1nc2c(N)nc3ccccc3c2n1CCCCCCCCNS(=O)(=O)c1ccccc1. The van der Waals surface area contributed by atoms with E-state index in [0.717, 1.165) is 92.1 Å². The second-order valence-electron chi connectivity index (χ2n) is 9.33. The molecule has 0 spiro atoms. The second-order valence-corrected chi connectivity index (χ2v) is 11.1. The minimum absolute atomic E-state index is 0.320. The van der Waals surface area contributed by atoms with Crippen molar-refractivity contribution >= 4 is 37.8 Å². The first-order chi connectivity index (χ1) is 17.5. The van der Waals surface area contributed by atoms with Gasteiger partial charge in [-0.15, -0.1) is 0 Å². The summed E-state index contributed by atoms with van der Waals surface area (Å²) in [5, 5.41) is 1.11. The van der Waals surface area contributed by atoms with Gasteiger partial charge in [-0.3, -0.25) is 0 Å². The summed E-state index contributed by atoms with van der Waals surface area (Å²) < 4.78 is 29.6. The smallest absolute Gasteiger partial charge is 0.240 e. The highest BCUT2D eigenvalue weighted by Gasteiger charge is 2.17. The number of hydrogen-bond acceptors (Lipinski definition) is 5. The largest absolute Gasteiger partial charge is 0.382 e. The van der Waals surface area contributed by atoms with Gasteiger partial charge in [0.15, 0.2) is 5.82 Å². The highest BCUT2D eigenvalue weighted by molar-refractivity contribution is 7.89. The van der Waals surface area contributed by atoms with Crippen molar-refractivity contribution in [2.75, 3.05) is 12.3 Å². The van der Waals surface area contributed by atoms with Crippen LogP contribution in [0.25, 0.3) is 21.9 Å². The van der Waals surface area contributed by atoms with E-state index in [0.29, 0.717) is 17.3 Å². The summed E-state index contributed by atoms with van der Waals surface area (Å²) in [6.45, 7) is 3.59. The van der Waals surface area contributed by atoms with E-state index in [1.54, 1.807) is 24.3 Å². The lowest BCUT2D eigenvalue weighted by Crippen LogP contribution is -2.24. The van der Waals surface area contributed by atoms with Crippen LogP contribution in [0.1, 0.15) is 64.1 Å². The predicted octanol–water partition coefficient (Wildman–Crippen LogP) is 5.83. The molecule has 0 saturated carbocycles. The summed E-state index contributed by atoms with van der Waals surface area (Å²) in [5.74, 6) is 1.60. The van der Waals surface area contributed by atoms with E-state index in [1.807, 2.05) is 24.3 Å². The monoisotopic (exact) mass is 507 g/mol. The molecular weight excluding hydrogens is 470 g/mol. The molecule has 0 atom stereocenters. The number of unbranched alkanes of at least 4 members (excludes halogenated alkanes) is 6. The number of para-hydroxylation sites is 1. The van der Waals surface area contributed by atoms with Crippen molar-refractivity contribution in [3.05, 3.63) is 60.4 Å². The number of pyridine rings is 1. The minimum atomic E-state index is -3.41. The van der Waals surface area contributed by atoms with Gasteiger partial charge in [-0.05, 0) is 37.5 Å². The van der Waals surface area contributed by atoms with Crippen LogP contribution >= 0.6 is 0 Å². The molecule has 7 nitrogen and oxygen atoms in total. The number of rotatable bonds is 14. The molecule has 36 heavy (non-hydrogen) atoms. The molecular formula is C28H37N5O2S. The van der Waals surface area contributed by atoms with Crippen molar-refractivity contribution < 1.29 is 8.42 Å². The Bertz CT molecular complexity index is 1380. The third-order valence-corrected chi connectivity index (χ3v) is 8.07. The topological polar surface area (TPSA) is 103 Å². The van der Waals surface area contributed by atoms with Gasteiger partial charge in [0.25, 0.3) is 0 Å². The first kappa shape index (κ1) is 26.1. The summed E-state index contributed by atoms with van der Waals surface area (Å²) >= 11 is 0. The number of imidazole rings is 1. The number of aromatic nitrogens is 3. The number of hydrogen-bond donors (Lipinski definition) is 2. The van der Waals surface area contributed by atoms with E-state index in [4.69, 9.17) is 10.7 Å². The zero-order chi connectivity index (χ0) is 25.4. The van der Waals surface area contributed by atoms with Gasteiger partial charge >= 0.3 is 0 Å². The summed E-state index contributed by atoms with van der Waals surface area (Å²) in [7, 11) is -3.41. The van der Waals surface area contributed by atoms with Gasteiger partial charge in [0.2, 0.25) is 10.0 Å². The normalized spacial score (nSPS) is 12.0. The van der Waals surface area contributed by atoms with Crippen LogP contribution in [0.3, 0.4) is 0 Å². The number of nitrogens with one attached hydrogen (secondary N) is 1. The van der Waals surface area contributed by atoms with Crippen LogP contribution < -0.4 is 10.5 Å². The van der Waals surface area contributed by atoms with Crippen molar-refractivity contribution in [3.8, 4) is 0 Å². The lowest BCUT2D eigenvalue weighted by molar-refractivity contribution is 0.540. The van der Waals surface area contributed by atoms with Gasteiger partial charge < -0.3 is 10.3 Å². The molecule has 3 N–H and O–H groups in total. The zero-order valence-electron chi connectivity index (χ0n) is 21.1.